The van der Waals surface area contributed by atoms with Gasteiger partial charge in [0.1, 0.15) is 6.10 Å². The van der Waals surface area contributed by atoms with Crippen molar-refractivity contribution in [2.75, 3.05) is 0 Å². The molecule has 13 unspecified atom stereocenters. The molecule has 5 aliphatic carbocycles. The lowest BCUT2D eigenvalue weighted by Crippen LogP contribution is -2.62. The Balaban J connectivity index is 1.40. The Labute approximate surface area is 254 Å². The summed E-state index contributed by atoms with van der Waals surface area (Å²) in [6.45, 7) is 21.3. The number of fused-ring (bicyclic) bond motifs is 2. The third-order valence-electron chi connectivity index (χ3n) is 15.4. The van der Waals surface area contributed by atoms with Gasteiger partial charge in [0.2, 0.25) is 0 Å². The third-order valence-corrected chi connectivity index (χ3v) is 15.4. The Kier molecular flexibility index (Phi) is 6.85. The van der Waals surface area contributed by atoms with E-state index < -0.39 is 17.3 Å². The molecule has 0 aromatic carbocycles. The van der Waals surface area contributed by atoms with Crippen LogP contribution in [0.5, 0.6) is 0 Å². The Bertz CT molecular complexity index is 1110. The molecule has 6 fully saturated rings. The van der Waals surface area contributed by atoms with Gasteiger partial charge in [-0.1, -0.05) is 48.5 Å². The minimum atomic E-state index is -0.934. The summed E-state index contributed by atoms with van der Waals surface area (Å²) in [6.07, 6.45) is 7.02. The smallest absolute Gasteiger partial charge is 0.309 e. The average Bonchev–Trinajstić information content (AvgIpc) is 3.21. The summed E-state index contributed by atoms with van der Waals surface area (Å²) in [4.78, 5) is 13.6. The van der Waals surface area contributed by atoms with Crippen molar-refractivity contribution in [1.82, 2.24) is 0 Å². The number of rotatable bonds is 5. The quantitative estimate of drug-likeness (QED) is 0.327. The Morgan fingerprint density at radius 3 is 2.17 bits per heavy atom. The first kappa shape index (κ1) is 31.3. The Morgan fingerprint density at radius 2 is 1.57 bits per heavy atom. The summed E-state index contributed by atoms with van der Waals surface area (Å²) in [6, 6.07) is 0. The van der Waals surface area contributed by atoms with E-state index in [4.69, 9.17) is 9.47 Å². The molecule has 3 N–H and O–H groups in total. The van der Waals surface area contributed by atoms with Crippen LogP contribution in [0.2, 0.25) is 0 Å². The number of ether oxygens (including phenoxy) is 2. The summed E-state index contributed by atoms with van der Waals surface area (Å²) in [5, 5.41) is 33.9. The molecule has 1 heterocycles. The molecule has 13 atom stereocenters. The predicted octanol–water partition coefficient (Wildman–Crippen LogP) is 6.28. The topological polar surface area (TPSA) is 96.2 Å². The highest BCUT2D eigenvalue weighted by Gasteiger charge is 2.85. The molecule has 0 aromatic heterocycles. The SMILES string of the molecule is CC(C)C(C)C(=O)OC1CC2(C)C3CC(O)C4C(C)(C)C(O)CCC45CC35CCC2(C)C1C1(C)CCC(C(C)(C)O)O1. The van der Waals surface area contributed by atoms with Gasteiger partial charge < -0.3 is 24.8 Å². The number of carbonyl (C=O) groups excluding carboxylic acids is 1. The molecule has 0 amide bonds. The number of aliphatic hydroxyl groups is 3. The second kappa shape index (κ2) is 9.19. The highest BCUT2D eigenvalue weighted by molar-refractivity contribution is 5.72. The van der Waals surface area contributed by atoms with Crippen LogP contribution >= 0.6 is 0 Å². The monoisotopic (exact) mass is 588 g/mol. The molecule has 6 nitrogen and oxygen atoms in total. The van der Waals surface area contributed by atoms with Gasteiger partial charge in [-0.25, -0.2) is 0 Å². The third kappa shape index (κ3) is 3.86. The van der Waals surface area contributed by atoms with E-state index >= 15 is 0 Å². The molecule has 240 valence electrons. The van der Waals surface area contributed by atoms with E-state index in [1.165, 1.54) is 0 Å². The lowest BCUT2D eigenvalue weighted by molar-refractivity contribution is -0.214. The largest absolute Gasteiger partial charge is 0.462 e. The van der Waals surface area contributed by atoms with E-state index in [-0.39, 0.29) is 75.0 Å². The van der Waals surface area contributed by atoms with E-state index in [0.29, 0.717) is 5.92 Å². The standard InChI is InChI=1S/C36H60O6/c1-20(2)21(3)29(39)41-23-18-33(9)24-17-22(37)27-30(4,5)25(38)11-14-36(27)19-35(24,36)16-15-32(33,8)28(23)34(10)13-12-26(42-34)31(6,7)40/h20-28,37-38,40H,11-19H2,1-10H3. The maximum atomic E-state index is 13.6. The maximum Gasteiger partial charge on any atom is 0.309 e. The second-order valence-corrected chi connectivity index (χ2v) is 18.3. The Hall–Kier alpha value is -0.690. The van der Waals surface area contributed by atoms with Crippen molar-refractivity contribution < 1.29 is 29.6 Å². The van der Waals surface area contributed by atoms with Crippen LogP contribution in [-0.4, -0.2) is 56.9 Å². The summed E-state index contributed by atoms with van der Waals surface area (Å²) < 4.78 is 13.5. The first-order valence-corrected chi connectivity index (χ1v) is 17.2. The highest BCUT2D eigenvalue weighted by Crippen LogP contribution is 2.89. The van der Waals surface area contributed by atoms with Gasteiger partial charge in [0.15, 0.2) is 0 Å². The zero-order valence-electron chi connectivity index (χ0n) is 28.1. The summed E-state index contributed by atoms with van der Waals surface area (Å²) >= 11 is 0. The van der Waals surface area contributed by atoms with Crippen LogP contribution in [0.4, 0.5) is 0 Å². The normalized spacial score (nSPS) is 53.5. The molecular formula is C36H60O6. The van der Waals surface area contributed by atoms with Gasteiger partial charge in [0.05, 0.1) is 35.4 Å². The fraction of sp³-hybridized carbons (Fsp3) is 0.972. The molecule has 42 heavy (non-hydrogen) atoms. The van der Waals surface area contributed by atoms with Crippen molar-refractivity contribution in [2.24, 2.45) is 56.7 Å². The molecule has 1 aliphatic heterocycles. The van der Waals surface area contributed by atoms with Crippen molar-refractivity contribution in [3.05, 3.63) is 0 Å². The molecule has 6 rings (SSSR count). The van der Waals surface area contributed by atoms with Gasteiger partial charge >= 0.3 is 5.97 Å². The number of hydrogen-bond donors (Lipinski definition) is 3. The van der Waals surface area contributed by atoms with Gasteiger partial charge in [0, 0.05) is 5.92 Å². The molecule has 6 heteroatoms. The van der Waals surface area contributed by atoms with E-state index in [9.17, 15) is 20.1 Å². The number of hydrogen-bond acceptors (Lipinski definition) is 6. The van der Waals surface area contributed by atoms with Crippen LogP contribution in [-0.2, 0) is 14.3 Å². The molecule has 1 saturated heterocycles. The number of esters is 1. The van der Waals surface area contributed by atoms with Crippen LogP contribution < -0.4 is 0 Å². The fourth-order valence-electron chi connectivity index (χ4n) is 12.7. The summed E-state index contributed by atoms with van der Waals surface area (Å²) in [5.74, 6) is 0.382. The van der Waals surface area contributed by atoms with Crippen LogP contribution in [0.15, 0.2) is 0 Å². The van der Waals surface area contributed by atoms with Crippen molar-refractivity contribution in [1.29, 1.82) is 0 Å². The molecule has 5 saturated carbocycles. The first-order valence-electron chi connectivity index (χ1n) is 17.2. The van der Waals surface area contributed by atoms with E-state index in [0.717, 1.165) is 57.8 Å². The van der Waals surface area contributed by atoms with E-state index in [1.807, 2.05) is 20.8 Å². The summed E-state index contributed by atoms with van der Waals surface area (Å²) in [5.41, 5.74) is -1.73. The minimum Gasteiger partial charge on any atom is -0.462 e. The average molecular weight is 589 g/mol. The molecule has 2 spiro atoms. The highest BCUT2D eigenvalue weighted by atomic mass is 16.6. The van der Waals surface area contributed by atoms with Crippen molar-refractivity contribution in [3.63, 3.8) is 0 Å². The summed E-state index contributed by atoms with van der Waals surface area (Å²) in [7, 11) is 0. The van der Waals surface area contributed by atoms with Crippen molar-refractivity contribution in [3.8, 4) is 0 Å². The zero-order chi connectivity index (χ0) is 31.1. The molecular weight excluding hydrogens is 528 g/mol. The number of carbonyl (C=O) groups is 1. The van der Waals surface area contributed by atoms with E-state index in [1.54, 1.807) is 0 Å². The minimum absolute atomic E-state index is 0.0113. The van der Waals surface area contributed by atoms with Crippen LogP contribution in [0, 0.1) is 56.7 Å². The van der Waals surface area contributed by atoms with Gasteiger partial charge in [0.25, 0.3) is 0 Å². The first-order chi connectivity index (χ1) is 19.2. The molecule has 6 aliphatic rings. The molecule has 0 bridgehead atoms. The van der Waals surface area contributed by atoms with Crippen LogP contribution in [0.1, 0.15) is 127 Å². The fourth-order valence-corrected chi connectivity index (χ4v) is 12.7. The zero-order valence-corrected chi connectivity index (χ0v) is 28.1. The van der Waals surface area contributed by atoms with Gasteiger partial charge in [-0.05, 0) is 123 Å². The maximum absolute atomic E-state index is 13.6. The predicted molar refractivity (Wildman–Crippen MR) is 162 cm³/mol. The van der Waals surface area contributed by atoms with Crippen molar-refractivity contribution >= 4 is 5.97 Å². The molecule has 0 aromatic rings. The molecule has 0 radical (unpaired) electrons. The number of aliphatic hydroxyl groups excluding tert-OH is 2. The van der Waals surface area contributed by atoms with Gasteiger partial charge in [-0.3, -0.25) is 4.79 Å². The van der Waals surface area contributed by atoms with E-state index in [2.05, 4.69) is 48.5 Å². The van der Waals surface area contributed by atoms with Crippen molar-refractivity contribution in [2.45, 2.75) is 163 Å². The van der Waals surface area contributed by atoms with Crippen LogP contribution in [0.25, 0.3) is 0 Å². The lowest BCUT2D eigenvalue weighted by atomic mass is 9.41. The van der Waals surface area contributed by atoms with Crippen LogP contribution in [0.3, 0.4) is 0 Å². The Morgan fingerprint density at radius 1 is 0.905 bits per heavy atom. The lowest BCUT2D eigenvalue weighted by Gasteiger charge is -2.64. The second-order valence-electron chi connectivity index (χ2n) is 18.3. The van der Waals surface area contributed by atoms with Gasteiger partial charge in [-0.2, -0.15) is 0 Å². The van der Waals surface area contributed by atoms with Gasteiger partial charge in [-0.15, -0.1) is 0 Å².